The summed E-state index contributed by atoms with van der Waals surface area (Å²) in [7, 11) is -3.65. The molecular weight excluding hydrogens is 434 g/mol. The van der Waals surface area contributed by atoms with Gasteiger partial charge in [0.25, 0.3) is 0 Å². The molecule has 1 unspecified atom stereocenters. The van der Waals surface area contributed by atoms with Crippen molar-refractivity contribution in [3.63, 3.8) is 0 Å². The third kappa shape index (κ3) is 8.01. The van der Waals surface area contributed by atoms with Crippen molar-refractivity contribution < 1.29 is 18.0 Å². The Labute approximate surface area is 188 Å². The second-order valence-electron chi connectivity index (χ2n) is 7.33. The van der Waals surface area contributed by atoms with E-state index in [0.717, 1.165) is 11.1 Å². The van der Waals surface area contributed by atoms with E-state index in [-0.39, 0.29) is 35.6 Å². The lowest BCUT2D eigenvalue weighted by molar-refractivity contribution is -0.120. The monoisotopic (exact) mass is 463 g/mol. The van der Waals surface area contributed by atoms with Crippen molar-refractivity contribution in [3.05, 3.63) is 59.2 Å². The molecule has 31 heavy (non-hydrogen) atoms. The number of carbonyl (C=O) groups excluding carboxylic acids is 2. The van der Waals surface area contributed by atoms with Crippen molar-refractivity contribution in [2.24, 2.45) is 0 Å². The maximum Gasteiger partial charge on any atom is 0.240 e. The zero-order chi connectivity index (χ0) is 23.0. The second-order valence-corrected chi connectivity index (χ2v) is 10.4. The van der Waals surface area contributed by atoms with E-state index in [0.29, 0.717) is 11.3 Å². The summed E-state index contributed by atoms with van der Waals surface area (Å²) >= 11 is 1.22. The molecule has 0 fully saturated rings. The van der Waals surface area contributed by atoms with Gasteiger partial charge in [-0.05, 0) is 57.0 Å². The minimum absolute atomic E-state index is 0.0761. The first kappa shape index (κ1) is 24.9. The summed E-state index contributed by atoms with van der Waals surface area (Å²) in [5, 5.41) is 5.04. The van der Waals surface area contributed by atoms with Crippen LogP contribution in [0.15, 0.2) is 47.4 Å². The predicted molar refractivity (Wildman–Crippen MR) is 126 cm³/mol. The number of rotatable bonds is 10. The molecule has 9 heteroatoms. The van der Waals surface area contributed by atoms with Crippen LogP contribution in [0.3, 0.4) is 0 Å². The highest BCUT2D eigenvalue weighted by Crippen LogP contribution is 2.16. The van der Waals surface area contributed by atoms with E-state index in [1.54, 1.807) is 26.0 Å². The van der Waals surface area contributed by atoms with Gasteiger partial charge in [-0.2, -0.15) is 0 Å². The van der Waals surface area contributed by atoms with Crippen LogP contribution >= 0.6 is 11.8 Å². The number of hydrogen-bond donors (Lipinski definition) is 3. The number of aryl methyl sites for hydroxylation is 3. The molecule has 2 aromatic carbocycles. The zero-order valence-corrected chi connectivity index (χ0v) is 19.8. The number of amides is 2. The Morgan fingerprint density at radius 2 is 1.61 bits per heavy atom. The first-order chi connectivity index (χ1) is 14.6. The fourth-order valence-electron chi connectivity index (χ4n) is 2.70. The largest absolute Gasteiger partial charge is 0.354 e. The van der Waals surface area contributed by atoms with Gasteiger partial charge in [0.2, 0.25) is 21.8 Å². The van der Waals surface area contributed by atoms with Crippen LogP contribution in [0.1, 0.15) is 23.6 Å². The molecule has 0 saturated carbocycles. The van der Waals surface area contributed by atoms with Crippen molar-refractivity contribution in [1.29, 1.82) is 0 Å². The molecule has 2 amide bonds. The van der Waals surface area contributed by atoms with E-state index in [9.17, 15) is 18.0 Å². The highest BCUT2D eigenvalue weighted by Gasteiger charge is 2.18. The van der Waals surface area contributed by atoms with Gasteiger partial charge in [-0.25, -0.2) is 13.1 Å². The van der Waals surface area contributed by atoms with Crippen LogP contribution in [-0.2, 0) is 19.6 Å². The third-order valence-electron chi connectivity index (χ3n) is 4.52. The van der Waals surface area contributed by atoms with Crippen LogP contribution in [0, 0.1) is 20.8 Å². The standard InChI is InChI=1S/C22H29N3O4S2/c1-15-6-9-19(10-7-15)25-21(26)14-30-18(4)22(27)23-11-12-24-31(28,29)20-13-16(2)5-8-17(20)3/h5-10,13,18,24H,11-12,14H2,1-4H3,(H,23,27)(H,25,26). The number of anilines is 1. The number of nitrogens with one attached hydrogen (secondary N) is 3. The molecule has 0 bridgehead atoms. The summed E-state index contributed by atoms with van der Waals surface area (Å²) in [5.74, 6) is -0.296. The Bertz CT molecular complexity index is 1020. The van der Waals surface area contributed by atoms with Gasteiger partial charge >= 0.3 is 0 Å². The van der Waals surface area contributed by atoms with E-state index in [1.165, 1.54) is 11.8 Å². The van der Waals surface area contributed by atoms with E-state index in [4.69, 9.17) is 0 Å². The number of hydrogen-bond acceptors (Lipinski definition) is 5. The van der Waals surface area contributed by atoms with E-state index in [1.807, 2.05) is 44.2 Å². The van der Waals surface area contributed by atoms with Crippen LogP contribution < -0.4 is 15.4 Å². The molecule has 1 atom stereocenters. The Kier molecular flexibility index (Phi) is 9.09. The number of benzene rings is 2. The summed E-state index contributed by atoms with van der Waals surface area (Å²) in [6.07, 6.45) is 0. The molecule has 0 aliphatic rings. The van der Waals surface area contributed by atoms with Crippen molar-refractivity contribution in [2.45, 2.75) is 37.8 Å². The molecular formula is C22H29N3O4S2. The van der Waals surface area contributed by atoms with Crippen molar-refractivity contribution in [3.8, 4) is 0 Å². The molecule has 2 aromatic rings. The van der Waals surface area contributed by atoms with Crippen LogP contribution in [0.25, 0.3) is 0 Å². The maximum absolute atomic E-state index is 12.5. The lowest BCUT2D eigenvalue weighted by Crippen LogP contribution is -2.38. The lowest BCUT2D eigenvalue weighted by atomic mass is 10.2. The number of carbonyl (C=O) groups is 2. The minimum Gasteiger partial charge on any atom is -0.354 e. The molecule has 0 aliphatic carbocycles. The van der Waals surface area contributed by atoms with Crippen molar-refractivity contribution >= 4 is 39.3 Å². The van der Waals surface area contributed by atoms with E-state index in [2.05, 4.69) is 15.4 Å². The summed E-state index contributed by atoms with van der Waals surface area (Å²) in [4.78, 5) is 24.5. The van der Waals surface area contributed by atoms with Crippen LogP contribution in [-0.4, -0.2) is 44.3 Å². The van der Waals surface area contributed by atoms with Crippen molar-refractivity contribution in [1.82, 2.24) is 10.0 Å². The van der Waals surface area contributed by atoms with E-state index < -0.39 is 15.3 Å². The molecule has 0 heterocycles. The smallest absolute Gasteiger partial charge is 0.240 e. The van der Waals surface area contributed by atoms with Gasteiger partial charge in [0.15, 0.2) is 0 Å². The normalized spacial score (nSPS) is 12.3. The quantitative estimate of drug-likeness (QED) is 0.470. The van der Waals surface area contributed by atoms with Gasteiger partial charge in [0.05, 0.1) is 15.9 Å². The first-order valence-corrected chi connectivity index (χ1v) is 12.4. The van der Waals surface area contributed by atoms with Gasteiger partial charge in [-0.1, -0.05) is 29.8 Å². The predicted octanol–water partition coefficient (Wildman–Crippen LogP) is 2.77. The van der Waals surface area contributed by atoms with E-state index >= 15 is 0 Å². The van der Waals surface area contributed by atoms with Gasteiger partial charge in [-0.3, -0.25) is 9.59 Å². The molecule has 0 aromatic heterocycles. The van der Waals surface area contributed by atoms with Crippen molar-refractivity contribution in [2.75, 3.05) is 24.2 Å². The highest BCUT2D eigenvalue weighted by molar-refractivity contribution is 8.01. The van der Waals surface area contributed by atoms with Gasteiger partial charge in [0, 0.05) is 18.8 Å². The Morgan fingerprint density at radius 3 is 2.29 bits per heavy atom. The summed E-state index contributed by atoms with van der Waals surface area (Å²) in [6.45, 7) is 7.48. The Morgan fingerprint density at radius 1 is 0.968 bits per heavy atom. The van der Waals surface area contributed by atoms with Crippen LogP contribution in [0.4, 0.5) is 5.69 Å². The Hall–Kier alpha value is -2.36. The highest BCUT2D eigenvalue weighted by atomic mass is 32.2. The SMILES string of the molecule is Cc1ccc(NC(=O)CSC(C)C(=O)NCCNS(=O)(=O)c2cc(C)ccc2C)cc1. The average molecular weight is 464 g/mol. The van der Waals surface area contributed by atoms with Crippen LogP contribution in [0.5, 0.6) is 0 Å². The second kappa shape index (κ2) is 11.3. The zero-order valence-electron chi connectivity index (χ0n) is 18.2. The fourth-order valence-corrected chi connectivity index (χ4v) is 4.77. The summed E-state index contributed by atoms with van der Waals surface area (Å²) in [5.41, 5.74) is 3.34. The Balaban J connectivity index is 1.72. The number of sulfonamides is 1. The average Bonchev–Trinajstić information content (AvgIpc) is 2.72. The minimum atomic E-state index is -3.65. The third-order valence-corrected chi connectivity index (χ3v) is 7.26. The maximum atomic E-state index is 12.5. The molecule has 0 aliphatic heterocycles. The summed E-state index contributed by atoms with van der Waals surface area (Å²) in [6, 6.07) is 12.7. The summed E-state index contributed by atoms with van der Waals surface area (Å²) < 4.78 is 27.4. The van der Waals surface area contributed by atoms with Crippen LogP contribution in [0.2, 0.25) is 0 Å². The molecule has 0 saturated heterocycles. The molecule has 0 radical (unpaired) electrons. The molecule has 3 N–H and O–H groups in total. The topological polar surface area (TPSA) is 104 Å². The van der Waals surface area contributed by atoms with Gasteiger partial charge in [0.1, 0.15) is 0 Å². The fraction of sp³-hybridized carbons (Fsp3) is 0.364. The van der Waals surface area contributed by atoms with Gasteiger partial charge < -0.3 is 10.6 Å². The number of thioether (sulfide) groups is 1. The molecule has 168 valence electrons. The first-order valence-electron chi connectivity index (χ1n) is 9.91. The molecule has 0 spiro atoms. The molecule has 7 nitrogen and oxygen atoms in total. The molecule has 2 rings (SSSR count). The van der Waals surface area contributed by atoms with Gasteiger partial charge in [-0.15, -0.1) is 11.8 Å². The lowest BCUT2D eigenvalue weighted by Gasteiger charge is -2.13.